The molecule has 0 aromatic rings. The molecule has 4 aliphatic rings. The Labute approximate surface area is 269 Å². The SMILES string of the molecule is C=C(CC[C@@H](C)[C@H]1CC=C2C3=C([C@@H](O)[C@H](OC(C)=O)[C@@]21C)[C@@]1(C)C[C@@H](COC(=O)CCC(=O)O)[C@H](O)C(C)(C)[C@@H]1CC3)C(C)C. The maximum Gasteiger partial charge on any atom is 0.306 e. The molecule has 0 saturated heterocycles. The molecule has 0 spiro atoms. The van der Waals surface area contributed by atoms with Gasteiger partial charge in [0.2, 0.25) is 0 Å². The van der Waals surface area contributed by atoms with Crippen molar-refractivity contribution in [2.75, 3.05) is 6.61 Å². The van der Waals surface area contributed by atoms with Crippen LogP contribution >= 0.6 is 0 Å². The second-order valence-electron chi connectivity index (χ2n) is 15.8. The second kappa shape index (κ2) is 13.0. The highest BCUT2D eigenvalue weighted by Gasteiger charge is 2.65. The lowest BCUT2D eigenvalue weighted by molar-refractivity contribution is -0.174. The predicted molar refractivity (Wildman–Crippen MR) is 172 cm³/mol. The Morgan fingerprint density at radius 1 is 1.07 bits per heavy atom. The number of carboxylic acids is 1. The monoisotopic (exact) mass is 628 g/mol. The number of aliphatic hydroxyl groups excluding tert-OH is 2. The normalized spacial score (nSPS) is 35.9. The Balaban J connectivity index is 1.71. The predicted octanol–water partition coefficient (Wildman–Crippen LogP) is 6.40. The molecule has 8 heteroatoms. The van der Waals surface area contributed by atoms with Crippen molar-refractivity contribution in [3.63, 3.8) is 0 Å². The molecule has 0 unspecified atom stereocenters. The first kappa shape index (κ1) is 35.4. The third kappa shape index (κ3) is 6.30. The summed E-state index contributed by atoms with van der Waals surface area (Å²) in [5.41, 5.74) is 2.84. The van der Waals surface area contributed by atoms with E-state index >= 15 is 0 Å². The lowest BCUT2D eigenvalue weighted by atomic mass is 9.44. The fourth-order valence-corrected chi connectivity index (χ4v) is 9.91. The molecule has 0 radical (unpaired) electrons. The molecule has 4 rings (SSSR count). The van der Waals surface area contributed by atoms with Gasteiger partial charge in [-0.05, 0) is 89.7 Å². The Morgan fingerprint density at radius 3 is 2.33 bits per heavy atom. The summed E-state index contributed by atoms with van der Waals surface area (Å²) in [7, 11) is 0. The van der Waals surface area contributed by atoms with Crippen molar-refractivity contribution < 1.29 is 39.2 Å². The van der Waals surface area contributed by atoms with Gasteiger partial charge in [-0.2, -0.15) is 0 Å². The van der Waals surface area contributed by atoms with Crippen LogP contribution in [0.15, 0.2) is 34.9 Å². The average Bonchev–Trinajstić information content (AvgIpc) is 3.31. The molecule has 4 aliphatic carbocycles. The molecule has 1 saturated carbocycles. The summed E-state index contributed by atoms with van der Waals surface area (Å²) in [6.07, 6.45) is 4.15. The Hall–Kier alpha value is -2.45. The molecule has 252 valence electrons. The van der Waals surface area contributed by atoms with E-state index in [9.17, 15) is 24.6 Å². The summed E-state index contributed by atoms with van der Waals surface area (Å²) in [4.78, 5) is 35.9. The number of aliphatic carboxylic acids is 1. The number of ether oxygens (including phenoxy) is 2. The van der Waals surface area contributed by atoms with Crippen LogP contribution in [0.2, 0.25) is 0 Å². The van der Waals surface area contributed by atoms with E-state index in [1.165, 1.54) is 18.1 Å². The second-order valence-corrected chi connectivity index (χ2v) is 15.8. The standard InChI is InChI=1S/C37H56O8/c1-20(2)21(3)10-11-22(4)26-13-14-27-25-12-15-28-35(6,7)33(43)24(19-44-30(41)17-16-29(39)40)18-36(28,8)31(25)32(42)34(37(26,27)9)45-23(5)38/h14,20,22,24,26,28,32-34,42-43H,3,10-13,15-19H2,1-2,4-9H3,(H,39,40)/t22-,24+,26-,28+,32-,33+,34+,36+,37-/m1/s1. The maximum absolute atomic E-state index is 12.6. The number of aliphatic hydroxyl groups is 2. The smallest absolute Gasteiger partial charge is 0.306 e. The zero-order chi connectivity index (χ0) is 33.6. The molecule has 0 heterocycles. The van der Waals surface area contributed by atoms with Crippen molar-refractivity contribution in [1.29, 1.82) is 0 Å². The van der Waals surface area contributed by atoms with Gasteiger partial charge in [0, 0.05) is 18.3 Å². The van der Waals surface area contributed by atoms with Gasteiger partial charge in [0.15, 0.2) is 0 Å². The van der Waals surface area contributed by atoms with E-state index in [2.05, 4.69) is 47.3 Å². The molecule has 9 atom stereocenters. The minimum atomic E-state index is -1.07. The van der Waals surface area contributed by atoms with Crippen LogP contribution < -0.4 is 0 Å². The fraction of sp³-hybridized carbons (Fsp3) is 0.757. The molecule has 8 nitrogen and oxygen atoms in total. The minimum absolute atomic E-state index is 0.0287. The largest absolute Gasteiger partial charge is 0.481 e. The lowest BCUT2D eigenvalue weighted by Crippen LogP contribution is -2.62. The quantitative estimate of drug-likeness (QED) is 0.177. The number of carboxylic acid groups (broad SMARTS) is 1. The molecule has 0 aromatic carbocycles. The van der Waals surface area contributed by atoms with Crippen LogP contribution in [-0.2, 0) is 23.9 Å². The highest BCUT2D eigenvalue weighted by molar-refractivity contribution is 5.76. The van der Waals surface area contributed by atoms with Crippen LogP contribution in [0.1, 0.15) is 107 Å². The van der Waals surface area contributed by atoms with E-state index in [-0.39, 0.29) is 31.3 Å². The number of rotatable bonds is 11. The van der Waals surface area contributed by atoms with Gasteiger partial charge in [-0.25, -0.2) is 0 Å². The number of allylic oxidation sites excluding steroid dienone is 3. The lowest BCUT2D eigenvalue weighted by Gasteiger charge is -2.62. The highest BCUT2D eigenvalue weighted by atomic mass is 16.6. The van der Waals surface area contributed by atoms with Crippen molar-refractivity contribution in [2.24, 2.45) is 45.8 Å². The molecular weight excluding hydrogens is 572 g/mol. The molecule has 0 bridgehead atoms. The molecule has 45 heavy (non-hydrogen) atoms. The fourth-order valence-electron chi connectivity index (χ4n) is 9.91. The molecular formula is C37H56O8. The molecule has 0 aliphatic heterocycles. The number of esters is 2. The number of carbonyl (C=O) groups excluding carboxylic acids is 2. The van der Waals surface area contributed by atoms with Crippen LogP contribution in [0.25, 0.3) is 0 Å². The third-order valence-electron chi connectivity index (χ3n) is 12.3. The zero-order valence-electron chi connectivity index (χ0n) is 28.7. The van der Waals surface area contributed by atoms with E-state index in [1.54, 1.807) is 0 Å². The molecule has 0 aromatic heterocycles. The highest BCUT2D eigenvalue weighted by Crippen LogP contribution is 2.68. The van der Waals surface area contributed by atoms with Gasteiger partial charge < -0.3 is 24.8 Å². The van der Waals surface area contributed by atoms with Crippen molar-refractivity contribution in [3.05, 3.63) is 34.9 Å². The van der Waals surface area contributed by atoms with E-state index in [0.717, 1.165) is 43.3 Å². The summed E-state index contributed by atoms with van der Waals surface area (Å²) in [5.74, 6) is -1.52. The van der Waals surface area contributed by atoms with E-state index in [1.807, 2.05) is 13.8 Å². The topological polar surface area (TPSA) is 130 Å². The van der Waals surface area contributed by atoms with Crippen molar-refractivity contribution >= 4 is 17.9 Å². The number of fused-ring (bicyclic) bond motifs is 4. The zero-order valence-corrected chi connectivity index (χ0v) is 28.7. The molecule has 1 fully saturated rings. The van der Waals surface area contributed by atoms with Crippen LogP contribution in [-0.4, -0.2) is 58.1 Å². The number of carbonyl (C=O) groups is 3. The number of hydrogen-bond acceptors (Lipinski definition) is 7. The van der Waals surface area contributed by atoms with Gasteiger partial charge in [-0.15, -0.1) is 0 Å². The summed E-state index contributed by atoms with van der Waals surface area (Å²) >= 11 is 0. The van der Waals surface area contributed by atoms with E-state index in [0.29, 0.717) is 18.3 Å². The maximum atomic E-state index is 12.6. The molecule has 3 N–H and O–H groups in total. The molecule has 0 amide bonds. The van der Waals surface area contributed by atoms with Crippen LogP contribution in [0, 0.1) is 45.8 Å². The first-order valence-electron chi connectivity index (χ1n) is 16.9. The summed E-state index contributed by atoms with van der Waals surface area (Å²) < 4.78 is 11.6. The van der Waals surface area contributed by atoms with Crippen LogP contribution in [0.4, 0.5) is 0 Å². The number of hydrogen-bond donors (Lipinski definition) is 3. The summed E-state index contributed by atoms with van der Waals surface area (Å²) in [6.45, 7) is 20.7. The first-order valence-corrected chi connectivity index (χ1v) is 16.9. The Morgan fingerprint density at radius 2 is 1.73 bits per heavy atom. The third-order valence-corrected chi connectivity index (χ3v) is 12.3. The van der Waals surface area contributed by atoms with Gasteiger partial charge in [0.05, 0.1) is 25.6 Å². The minimum Gasteiger partial charge on any atom is -0.481 e. The van der Waals surface area contributed by atoms with Gasteiger partial charge >= 0.3 is 17.9 Å². The van der Waals surface area contributed by atoms with Crippen molar-refractivity contribution in [1.82, 2.24) is 0 Å². The van der Waals surface area contributed by atoms with Crippen molar-refractivity contribution in [2.45, 2.75) is 125 Å². The van der Waals surface area contributed by atoms with Gasteiger partial charge in [0.1, 0.15) is 12.2 Å². The van der Waals surface area contributed by atoms with E-state index in [4.69, 9.17) is 14.6 Å². The summed E-state index contributed by atoms with van der Waals surface area (Å²) in [5, 5.41) is 32.9. The first-order chi connectivity index (χ1) is 20.9. The van der Waals surface area contributed by atoms with Gasteiger partial charge in [0.25, 0.3) is 0 Å². The van der Waals surface area contributed by atoms with Crippen LogP contribution in [0.5, 0.6) is 0 Å². The van der Waals surface area contributed by atoms with Crippen LogP contribution in [0.3, 0.4) is 0 Å². The van der Waals surface area contributed by atoms with Gasteiger partial charge in [-0.1, -0.05) is 66.7 Å². The Kier molecular flexibility index (Phi) is 10.2. The Bertz CT molecular complexity index is 1260. The summed E-state index contributed by atoms with van der Waals surface area (Å²) in [6, 6.07) is 0. The van der Waals surface area contributed by atoms with Gasteiger partial charge in [-0.3, -0.25) is 14.4 Å². The van der Waals surface area contributed by atoms with Crippen molar-refractivity contribution in [3.8, 4) is 0 Å². The average molecular weight is 629 g/mol. The van der Waals surface area contributed by atoms with E-state index < -0.39 is 58.4 Å².